The minimum atomic E-state index is -0.259. The Morgan fingerprint density at radius 1 is 1.39 bits per heavy atom. The summed E-state index contributed by atoms with van der Waals surface area (Å²) in [5, 5.41) is 8.91. The largest absolute Gasteiger partial charge is 0.483 e. The molecule has 0 bridgehead atoms. The smallest absolute Gasteiger partial charge is 0.260 e. The number of likely N-dealkylation sites (tertiary alicyclic amines) is 1. The molecule has 0 radical (unpaired) electrons. The van der Waals surface area contributed by atoms with Gasteiger partial charge in [-0.15, -0.1) is 0 Å². The molecule has 2 aliphatic rings. The number of nitrogens with zero attached hydrogens (tertiary/aromatic N) is 3. The van der Waals surface area contributed by atoms with Crippen molar-refractivity contribution in [1.82, 2.24) is 9.88 Å². The van der Waals surface area contributed by atoms with Crippen molar-refractivity contribution in [3.8, 4) is 23.4 Å². The molecule has 1 aromatic carbocycles. The highest BCUT2D eigenvalue weighted by Gasteiger charge is 2.34. The van der Waals surface area contributed by atoms with Crippen LogP contribution in [0.25, 0.3) is 0 Å². The monoisotopic (exact) mass is 379 g/mol. The Balaban J connectivity index is 1.28. The number of hydrogen-bond donors (Lipinski definition) is 0. The highest BCUT2D eigenvalue weighted by Crippen LogP contribution is 2.41. The first-order valence-corrected chi connectivity index (χ1v) is 9.18. The lowest BCUT2D eigenvalue weighted by Gasteiger charge is -2.38. The van der Waals surface area contributed by atoms with Crippen molar-refractivity contribution >= 4 is 5.91 Å². The molecule has 0 saturated carbocycles. The molecule has 0 unspecified atom stereocenters. The minimum Gasteiger partial charge on any atom is -0.483 e. The van der Waals surface area contributed by atoms with Crippen LogP contribution in [-0.2, 0) is 11.2 Å². The number of carbonyl (C=O) groups excluding carboxylic acids is 1. The highest BCUT2D eigenvalue weighted by atomic mass is 16.5. The van der Waals surface area contributed by atoms with E-state index in [1.54, 1.807) is 17.0 Å². The average Bonchev–Trinajstić information content (AvgIpc) is 2.97. The Morgan fingerprint density at radius 2 is 2.21 bits per heavy atom. The van der Waals surface area contributed by atoms with Crippen molar-refractivity contribution in [3.63, 3.8) is 0 Å². The van der Waals surface area contributed by atoms with Crippen molar-refractivity contribution in [2.45, 2.75) is 32.0 Å². The Morgan fingerprint density at radius 3 is 3.00 bits per heavy atom. The highest BCUT2D eigenvalue weighted by molar-refractivity contribution is 5.78. The third-order valence-electron chi connectivity index (χ3n) is 4.76. The molecule has 7 nitrogen and oxygen atoms in total. The summed E-state index contributed by atoms with van der Waals surface area (Å²) in [6.07, 6.45) is 2.22. The van der Waals surface area contributed by atoms with Crippen LogP contribution in [-0.4, -0.2) is 47.2 Å². The van der Waals surface area contributed by atoms with Crippen LogP contribution in [0.4, 0.5) is 0 Å². The second kappa shape index (κ2) is 7.04. The Hall–Kier alpha value is -3.27. The predicted octanol–water partition coefficient (Wildman–Crippen LogP) is 2.34. The third kappa shape index (κ3) is 3.72. The molecule has 144 valence electrons. The Kier molecular flexibility index (Phi) is 4.55. The van der Waals surface area contributed by atoms with Gasteiger partial charge in [0.15, 0.2) is 18.1 Å². The van der Waals surface area contributed by atoms with Crippen LogP contribution >= 0.6 is 0 Å². The molecular formula is C21H21N3O4. The van der Waals surface area contributed by atoms with Crippen molar-refractivity contribution < 1.29 is 19.0 Å². The van der Waals surface area contributed by atoms with E-state index in [4.69, 9.17) is 19.5 Å². The minimum absolute atomic E-state index is 0.0465. The van der Waals surface area contributed by atoms with Gasteiger partial charge in [-0.05, 0) is 26.0 Å². The van der Waals surface area contributed by atoms with Gasteiger partial charge in [0.05, 0.1) is 24.7 Å². The molecule has 0 aliphatic carbocycles. The fourth-order valence-electron chi connectivity index (χ4n) is 3.36. The molecule has 1 saturated heterocycles. The zero-order valence-corrected chi connectivity index (χ0v) is 15.8. The van der Waals surface area contributed by atoms with Gasteiger partial charge in [-0.2, -0.15) is 5.26 Å². The average molecular weight is 379 g/mol. The van der Waals surface area contributed by atoms with Gasteiger partial charge in [-0.25, -0.2) is 4.98 Å². The van der Waals surface area contributed by atoms with Crippen molar-refractivity contribution in [1.29, 1.82) is 5.26 Å². The summed E-state index contributed by atoms with van der Waals surface area (Å²) < 4.78 is 17.4. The summed E-state index contributed by atoms with van der Waals surface area (Å²) in [6, 6.07) is 11.0. The SMILES string of the molecule is CC1(C)Cc2cccc(OCC(=O)N3CC(Oc4cc(C#N)ccn4)C3)c2O1. The van der Waals surface area contributed by atoms with Gasteiger partial charge in [-0.1, -0.05) is 12.1 Å². The van der Waals surface area contributed by atoms with Crippen LogP contribution < -0.4 is 14.2 Å². The first-order chi connectivity index (χ1) is 13.4. The van der Waals surface area contributed by atoms with Crippen LogP contribution in [0.5, 0.6) is 17.4 Å². The topological polar surface area (TPSA) is 84.7 Å². The van der Waals surface area contributed by atoms with Gasteiger partial charge in [0.1, 0.15) is 11.7 Å². The number of hydrogen-bond acceptors (Lipinski definition) is 6. The second-order valence-electron chi connectivity index (χ2n) is 7.60. The molecule has 3 heterocycles. The number of aromatic nitrogens is 1. The lowest BCUT2D eigenvalue weighted by atomic mass is 10.0. The van der Waals surface area contributed by atoms with E-state index >= 15 is 0 Å². The fraction of sp³-hybridized carbons (Fsp3) is 0.381. The standard InChI is InChI=1S/C21H21N3O4/c1-21(2)9-15-4-3-5-17(20(15)28-21)26-13-19(25)24-11-16(12-24)27-18-8-14(10-22)6-7-23-18/h3-8,16H,9,11-13H2,1-2H3. The summed E-state index contributed by atoms with van der Waals surface area (Å²) in [6.45, 7) is 4.95. The number of nitriles is 1. The number of fused-ring (bicyclic) bond motifs is 1. The van der Waals surface area contributed by atoms with Crippen LogP contribution in [0.1, 0.15) is 25.0 Å². The number of amides is 1. The van der Waals surface area contributed by atoms with E-state index in [1.807, 2.05) is 38.1 Å². The first-order valence-electron chi connectivity index (χ1n) is 9.18. The van der Waals surface area contributed by atoms with E-state index in [1.165, 1.54) is 6.20 Å². The summed E-state index contributed by atoms with van der Waals surface area (Å²) in [5.74, 6) is 1.62. The Labute approximate surface area is 163 Å². The first kappa shape index (κ1) is 18.1. The molecule has 0 atom stereocenters. The molecule has 28 heavy (non-hydrogen) atoms. The molecule has 4 rings (SSSR count). The van der Waals surface area contributed by atoms with Gasteiger partial charge >= 0.3 is 0 Å². The lowest BCUT2D eigenvalue weighted by molar-refractivity contribution is -0.142. The maximum atomic E-state index is 12.4. The second-order valence-corrected chi connectivity index (χ2v) is 7.60. The van der Waals surface area contributed by atoms with Crippen LogP contribution in [0.15, 0.2) is 36.5 Å². The zero-order valence-electron chi connectivity index (χ0n) is 15.8. The Bertz CT molecular complexity index is 945. The summed E-state index contributed by atoms with van der Waals surface area (Å²) in [4.78, 5) is 18.1. The van der Waals surface area contributed by atoms with Crippen molar-refractivity contribution in [2.75, 3.05) is 19.7 Å². The van der Waals surface area contributed by atoms with Gasteiger partial charge in [0.25, 0.3) is 5.91 Å². The molecular weight excluding hydrogens is 358 g/mol. The molecule has 2 aromatic rings. The molecule has 1 fully saturated rings. The van der Waals surface area contributed by atoms with Gasteiger partial charge in [0, 0.05) is 24.2 Å². The number of carbonyl (C=O) groups is 1. The third-order valence-corrected chi connectivity index (χ3v) is 4.76. The zero-order chi connectivity index (χ0) is 19.7. The number of ether oxygens (including phenoxy) is 3. The van der Waals surface area contributed by atoms with E-state index in [2.05, 4.69) is 4.98 Å². The fourth-order valence-corrected chi connectivity index (χ4v) is 3.36. The van der Waals surface area contributed by atoms with Crippen LogP contribution in [0, 0.1) is 11.3 Å². The number of para-hydroxylation sites is 1. The van der Waals surface area contributed by atoms with E-state index in [0.717, 1.165) is 17.7 Å². The number of benzene rings is 1. The van der Waals surface area contributed by atoms with E-state index in [9.17, 15) is 4.79 Å². The number of pyridine rings is 1. The quantitative estimate of drug-likeness (QED) is 0.793. The van der Waals surface area contributed by atoms with Crippen LogP contribution in [0.2, 0.25) is 0 Å². The van der Waals surface area contributed by atoms with Crippen molar-refractivity contribution in [2.24, 2.45) is 0 Å². The van der Waals surface area contributed by atoms with E-state index in [0.29, 0.717) is 30.3 Å². The van der Waals surface area contributed by atoms with Gasteiger partial charge < -0.3 is 19.1 Å². The maximum absolute atomic E-state index is 12.4. The lowest BCUT2D eigenvalue weighted by Crippen LogP contribution is -2.57. The predicted molar refractivity (Wildman–Crippen MR) is 100 cm³/mol. The molecule has 0 spiro atoms. The molecule has 1 aromatic heterocycles. The molecule has 0 N–H and O–H groups in total. The summed E-state index contributed by atoms with van der Waals surface area (Å²) in [7, 11) is 0. The summed E-state index contributed by atoms with van der Waals surface area (Å²) >= 11 is 0. The normalized spacial score (nSPS) is 17.1. The van der Waals surface area contributed by atoms with E-state index in [-0.39, 0.29) is 24.2 Å². The molecule has 1 amide bonds. The van der Waals surface area contributed by atoms with Gasteiger partial charge in [0.2, 0.25) is 5.88 Å². The molecule has 7 heteroatoms. The van der Waals surface area contributed by atoms with Crippen LogP contribution in [0.3, 0.4) is 0 Å². The summed E-state index contributed by atoms with van der Waals surface area (Å²) in [5.41, 5.74) is 1.33. The maximum Gasteiger partial charge on any atom is 0.260 e. The molecule has 2 aliphatic heterocycles. The number of rotatable bonds is 5. The van der Waals surface area contributed by atoms with Gasteiger partial charge in [-0.3, -0.25) is 4.79 Å². The van der Waals surface area contributed by atoms with Crippen molar-refractivity contribution in [3.05, 3.63) is 47.7 Å². The van der Waals surface area contributed by atoms with E-state index < -0.39 is 0 Å².